The number of thiazole rings is 1. The molecule has 2 aromatic rings. The van der Waals surface area contributed by atoms with E-state index < -0.39 is 17.0 Å². The molecule has 0 spiro atoms. The van der Waals surface area contributed by atoms with Crippen LogP contribution in [0.2, 0.25) is 0 Å². The summed E-state index contributed by atoms with van der Waals surface area (Å²) in [5.41, 5.74) is 0.754. The van der Waals surface area contributed by atoms with Crippen LogP contribution in [0.5, 0.6) is 0 Å². The number of nitrogens with zero attached hydrogens (tertiary/aromatic N) is 1. The average molecular weight is 399 g/mol. The van der Waals surface area contributed by atoms with E-state index in [0.717, 1.165) is 11.3 Å². The van der Waals surface area contributed by atoms with Crippen molar-refractivity contribution < 1.29 is 22.7 Å². The second kappa shape index (κ2) is 8.01. The zero-order valence-corrected chi connectivity index (χ0v) is 15.8. The van der Waals surface area contributed by atoms with Crippen molar-refractivity contribution in [1.29, 1.82) is 0 Å². The van der Waals surface area contributed by atoms with Gasteiger partial charge in [-0.1, -0.05) is 31.4 Å². The summed E-state index contributed by atoms with van der Waals surface area (Å²) in [6.45, 7) is 10.6. The van der Waals surface area contributed by atoms with E-state index in [1.807, 2.05) is 0 Å². The highest BCUT2D eigenvalue weighted by molar-refractivity contribution is 7.23. The van der Waals surface area contributed by atoms with E-state index in [4.69, 9.17) is 4.74 Å². The summed E-state index contributed by atoms with van der Waals surface area (Å²) in [4.78, 5) is 16.0. The van der Waals surface area contributed by atoms with Crippen molar-refractivity contribution in [3.63, 3.8) is 0 Å². The standard InChI is InChI=1S/C18H16F3NO2S2/c1-5-8-11(6-2)12-9-13(25-15(12)18(19,20)21)16-22-10(4)14(26-16)17(23)24-7-3/h5-6,8-9H,1-2,7H2,3-4H3/b11-8+. The van der Waals surface area contributed by atoms with Crippen LogP contribution >= 0.6 is 22.7 Å². The first-order valence-electron chi connectivity index (χ1n) is 7.54. The third kappa shape index (κ3) is 4.13. The number of alkyl halides is 3. The van der Waals surface area contributed by atoms with Crippen molar-refractivity contribution in [2.45, 2.75) is 20.0 Å². The van der Waals surface area contributed by atoms with Gasteiger partial charge in [0, 0.05) is 5.56 Å². The van der Waals surface area contributed by atoms with E-state index in [9.17, 15) is 18.0 Å². The van der Waals surface area contributed by atoms with Gasteiger partial charge in [-0.2, -0.15) is 13.2 Å². The van der Waals surface area contributed by atoms with Gasteiger partial charge in [-0.25, -0.2) is 9.78 Å². The molecule has 26 heavy (non-hydrogen) atoms. The average Bonchev–Trinajstić information content (AvgIpc) is 3.16. The highest BCUT2D eigenvalue weighted by Gasteiger charge is 2.37. The van der Waals surface area contributed by atoms with Gasteiger partial charge in [-0.15, -0.1) is 22.7 Å². The molecule has 0 saturated heterocycles. The van der Waals surface area contributed by atoms with Crippen LogP contribution in [0.15, 0.2) is 37.5 Å². The minimum absolute atomic E-state index is 0.0120. The summed E-state index contributed by atoms with van der Waals surface area (Å²) in [6, 6.07) is 1.41. The number of carbonyl (C=O) groups excluding carboxylic acids is 1. The lowest BCUT2D eigenvalue weighted by molar-refractivity contribution is -0.134. The van der Waals surface area contributed by atoms with Gasteiger partial charge < -0.3 is 4.74 Å². The molecule has 0 atom stereocenters. The number of ether oxygens (including phenoxy) is 1. The Morgan fingerprint density at radius 2 is 2.04 bits per heavy atom. The molecule has 0 bridgehead atoms. The number of thiophene rings is 1. The van der Waals surface area contributed by atoms with E-state index in [1.165, 1.54) is 24.3 Å². The van der Waals surface area contributed by atoms with Gasteiger partial charge in [-0.3, -0.25) is 0 Å². The first-order chi connectivity index (χ1) is 12.2. The van der Waals surface area contributed by atoms with Gasteiger partial charge in [0.2, 0.25) is 0 Å². The minimum atomic E-state index is -4.52. The molecule has 0 unspecified atom stereocenters. The molecule has 0 radical (unpaired) electrons. The first-order valence-corrected chi connectivity index (χ1v) is 9.17. The topological polar surface area (TPSA) is 39.2 Å². The molecule has 0 aromatic carbocycles. The van der Waals surface area contributed by atoms with Gasteiger partial charge in [0.05, 0.1) is 17.2 Å². The number of esters is 1. The van der Waals surface area contributed by atoms with E-state index in [0.29, 0.717) is 32.5 Å². The van der Waals surface area contributed by atoms with Crippen LogP contribution < -0.4 is 0 Å². The van der Waals surface area contributed by atoms with Gasteiger partial charge in [0.15, 0.2) is 0 Å². The number of hydrogen-bond donors (Lipinski definition) is 0. The van der Waals surface area contributed by atoms with Gasteiger partial charge >= 0.3 is 12.1 Å². The summed E-state index contributed by atoms with van der Waals surface area (Å²) in [6.07, 6.45) is -0.302. The smallest absolute Gasteiger partial charge is 0.426 e. The molecular weight excluding hydrogens is 383 g/mol. The maximum absolute atomic E-state index is 13.5. The SMILES string of the molecule is C=C/C=C(\C=C)c1cc(-c2nc(C)c(C(=O)OCC)s2)sc1C(F)(F)F. The fourth-order valence-corrected chi connectivity index (χ4v) is 4.26. The molecule has 0 aliphatic carbocycles. The van der Waals surface area contributed by atoms with Gasteiger partial charge in [-0.05, 0) is 25.5 Å². The minimum Gasteiger partial charge on any atom is -0.462 e. The van der Waals surface area contributed by atoms with Crippen molar-refractivity contribution in [1.82, 2.24) is 4.98 Å². The van der Waals surface area contributed by atoms with E-state index >= 15 is 0 Å². The molecule has 138 valence electrons. The maximum Gasteiger partial charge on any atom is 0.426 e. The van der Waals surface area contributed by atoms with Crippen molar-refractivity contribution in [3.8, 4) is 9.88 Å². The molecule has 0 amide bonds. The van der Waals surface area contributed by atoms with Crippen LogP contribution in [0.4, 0.5) is 13.2 Å². The molecule has 3 nitrogen and oxygen atoms in total. The summed E-state index contributed by atoms with van der Waals surface area (Å²) in [7, 11) is 0. The number of aromatic nitrogens is 1. The third-order valence-corrected chi connectivity index (χ3v) is 5.77. The Morgan fingerprint density at radius 3 is 2.58 bits per heavy atom. The monoisotopic (exact) mass is 399 g/mol. The van der Waals surface area contributed by atoms with Gasteiger partial charge in [0.1, 0.15) is 14.8 Å². The van der Waals surface area contributed by atoms with Crippen molar-refractivity contribution in [3.05, 3.63) is 58.5 Å². The number of halogens is 3. The molecule has 8 heteroatoms. The van der Waals surface area contributed by atoms with Crippen LogP contribution in [0, 0.1) is 6.92 Å². The van der Waals surface area contributed by atoms with Crippen molar-refractivity contribution in [2.75, 3.05) is 6.61 Å². The number of allylic oxidation sites excluding steroid dienone is 4. The second-order valence-corrected chi connectivity index (χ2v) is 7.12. The highest BCUT2D eigenvalue weighted by atomic mass is 32.1. The lowest BCUT2D eigenvalue weighted by Gasteiger charge is -2.07. The zero-order valence-electron chi connectivity index (χ0n) is 14.1. The lowest BCUT2D eigenvalue weighted by Crippen LogP contribution is -2.04. The molecule has 2 heterocycles. The van der Waals surface area contributed by atoms with Crippen LogP contribution in [0.25, 0.3) is 15.5 Å². The largest absolute Gasteiger partial charge is 0.462 e. The Morgan fingerprint density at radius 1 is 1.35 bits per heavy atom. The molecular formula is C18H16F3NO2S2. The Kier molecular flexibility index (Phi) is 6.20. The molecule has 0 aliphatic rings. The predicted octanol–water partition coefficient (Wildman–Crippen LogP) is 6.13. The number of rotatable bonds is 6. The van der Waals surface area contributed by atoms with E-state index in [-0.39, 0.29) is 17.0 Å². The van der Waals surface area contributed by atoms with Crippen LogP contribution in [-0.4, -0.2) is 17.6 Å². The molecule has 0 fully saturated rings. The third-order valence-electron chi connectivity index (χ3n) is 3.29. The number of hydrogen-bond acceptors (Lipinski definition) is 5. The van der Waals surface area contributed by atoms with Crippen molar-refractivity contribution in [2.24, 2.45) is 0 Å². The zero-order chi connectivity index (χ0) is 19.5. The summed E-state index contributed by atoms with van der Waals surface area (Å²) in [5, 5.41) is 0.342. The van der Waals surface area contributed by atoms with Crippen LogP contribution in [-0.2, 0) is 10.9 Å². The fraction of sp³-hybridized carbons (Fsp3) is 0.222. The number of carbonyl (C=O) groups is 1. The first kappa shape index (κ1) is 20.1. The Hall–Kier alpha value is -2.19. The van der Waals surface area contributed by atoms with Gasteiger partial charge in [0.25, 0.3) is 0 Å². The normalized spacial score (nSPS) is 12.1. The molecule has 0 N–H and O–H groups in total. The lowest BCUT2D eigenvalue weighted by atomic mass is 10.1. The Balaban J connectivity index is 2.59. The molecule has 0 saturated carbocycles. The second-order valence-electron chi connectivity index (χ2n) is 5.07. The quantitative estimate of drug-likeness (QED) is 0.433. The fourth-order valence-electron chi connectivity index (χ4n) is 2.20. The van der Waals surface area contributed by atoms with Crippen molar-refractivity contribution >= 4 is 34.2 Å². The maximum atomic E-state index is 13.5. The molecule has 0 aliphatic heterocycles. The Labute approximate surface area is 157 Å². The van der Waals surface area contributed by atoms with E-state index in [2.05, 4.69) is 18.1 Å². The summed E-state index contributed by atoms with van der Waals surface area (Å²) >= 11 is 1.60. The molecule has 2 rings (SSSR count). The predicted molar refractivity (Wildman–Crippen MR) is 99.5 cm³/mol. The Bertz CT molecular complexity index is 876. The summed E-state index contributed by atoms with van der Waals surface area (Å²) < 4.78 is 45.3. The molecule has 2 aromatic heterocycles. The van der Waals surface area contributed by atoms with E-state index in [1.54, 1.807) is 13.8 Å². The van der Waals surface area contributed by atoms with Crippen LogP contribution in [0.3, 0.4) is 0 Å². The highest BCUT2D eigenvalue weighted by Crippen LogP contribution is 2.45. The number of aryl methyl sites for hydroxylation is 1. The van der Waals surface area contributed by atoms with Crippen LogP contribution in [0.1, 0.15) is 32.7 Å². The summed E-state index contributed by atoms with van der Waals surface area (Å²) in [5.74, 6) is -0.528.